The highest BCUT2D eigenvalue weighted by Gasteiger charge is 2.48. The predicted molar refractivity (Wildman–Crippen MR) is 95.6 cm³/mol. The first-order valence-electron chi connectivity index (χ1n) is 9.53. The van der Waals surface area contributed by atoms with E-state index in [2.05, 4.69) is 23.7 Å². The monoisotopic (exact) mass is 367 g/mol. The van der Waals surface area contributed by atoms with Gasteiger partial charge in [-0.2, -0.15) is 5.10 Å². The van der Waals surface area contributed by atoms with Gasteiger partial charge in [-0.25, -0.2) is 13.1 Å². The molecule has 1 aliphatic heterocycles. The zero-order valence-electron chi connectivity index (χ0n) is 15.1. The van der Waals surface area contributed by atoms with E-state index in [1.807, 2.05) is 10.7 Å². The highest BCUT2D eigenvalue weighted by molar-refractivity contribution is 7.89. The number of aromatic nitrogens is 2. The highest BCUT2D eigenvalue weighted by atomic mass is 32.2. The van der Waals surface area contributed by atoms with Gasteiger partial charge in [-0.15, -0.1) is 0 Å². The maximum absolute atomic E-state index is 12.9. The van der Waals surface area contributed by atoms with Crippen molar-refractivity contribution in [3.05, 3.63) is 18.0 Å². The maximum atomic E-state index is 12.9. The third-order valence-corrected chi connectivity index (χ3v) is 7.94. The molecular formula is C18H29N3O3S. The number of nitrogens with one attached hydrogen (secondary N) is 1. The van der Waals surface area contributed by atoms with Crippen molar-refractivity contribution in [3.8, 4) is 0 Å². The molecule has 0 aromatic carbocycles. The van der Waals surface area contributed by atoms with Crippen LogP contribution in [0.1, 0.15) is 70.2 Å². The van der Waals surface area contributed by atoms with E-state index >= 15 is 0 Å². The molecule has 2 heterocycles. The zero-order valence-corrected chi connectivity index (χ0v) is 16.0. The van der Waals surface area contributed by atoms with Crippen molar-refractivity contribution in [2.24, 2.45) is 11.3 Å². The Labute approximate surface area is 150 Å². The van der Waals surface area contributed by atoms with Gasteiger partial charge in [0.15, 0.2) is 0 Å². The summed E-state index contributed by atoms with van der Waals surface area (Å²) in [5.74, 6) is 1.04. The second-order valence-electron chi connectivity index (χ2n) is 8.51. The van der Waals surface area contributed by atoms with Crippen molar-refractivity contribution >= 4 is 10.0 Å². The standard InChI is InChI=1S/C18H29N3O3S/c1-13(2)21-16(5-9-19-21)17-15(6-10-24-17)20-25(22,23)12-18-7-3-14(11-18)4-8-18/h5,9,13-15,17,20H,3-4,6-8,10-12H2,1-2H3/t14?,15-,17-,18?/m0/s1. The molecule has 1 aromatic heterocycles. The quantitative estimate of drug-likeness (QED) is 0.839. The van der Waals surface area contributed by atoms with E-state index in [4.69, 9.17) is 4.74 Å². The lowest BCUT2D eigenvalue weighted by molar-refractivity contribution is 0.0938. The second kappa shape index (κ2) is 6.35. The van der Waals surface area contributed by atoms with Crippen LogP contribution in [0.5, 0.6) is 0 Å². The summed E-state index contributed by atoms with van der Waals surface area (Å²) in [6.07, 6.45) is 7.88. The van der Waals surface area contributed by atoms with Gasteiger partial charge in [0.1, 0.15) is 6.10 Å². The highest BCUT2D eigenvalue weighted by Crippen LogP contribution is 2.54. The number of ether oxygens (including phenoxy) is 1. The average molecular weight is 368 g/mol. The van der Waals surface area contributed by atoms with Crippen LogP contribution in [0.2, 0.25) is 0 Å². The molecule has 6 nitrogen and oxygen atoms in total. The molecule has 2 aliphatic carbocycles. The molecule has 3 fully saturated rings. The Bertz CT molecular complexity index is 720. The van der Waals surface area contributed by atoms with Gasteiger partial charge in [0, 0.05) is 18.8 Å². The van der Waals surface area contributed by atoms with Crippen LogP contribution in [0.25, 0.3) is 0 Å². The predicted octanol–water partition coefficient (Wildman–Crippen LogP) is 2.79. The van der Waals surface area contributed by atoms with Crippen LogP contribution in [0.15, 0.2) is 12.3 Å². The molecule has 2 saturated carbocycles. The van der Waals surface area contributed by atoms with E-state index in [1.165, 1.54) is 12.8 Å². The molecule has 0 unspecified atom stereocenters. The van der Waals surface area contributed by atoms with E-state index in [1.54, 1.807) is 6.20 Å². The summed E-state index contributed by atoms with van der Waals surface area (Å²) in [5.41, 5.74) is 0.991. The van der Waals surface area contributed by atoms with Gasteiger partial charge in [-0.05, 0) is 69.8 Å². The van der Waals surface area contributed by atoms with Gasteiger partial charge in [0.05, 0.1) is 17.5 Å². The van der Waals surface area contributed by atoms with Gasteiger partial charge < -0.3 is 4.74 Å². The summed E-state index contributed by atoms with van der Waals surface area (Å²) in [5, 5.41) is 4.36. The van der Waals surface area contributed by atoms with E-state index in [0.29, 0.717) is 13.0 Å². The van der Waals surface area contributed by atoms with Crippen LogP contribution in [0, 0.1) is 11.3 Å². The molecule has 0 radical (unpaired) electrons. The minimum absolute atomic E-state index is 0.0329. The lowest BCUT2D eigenvalue weighted by Crippen LogP contribution is -2.42. The van der Waals surface area contributed by atoms with Crippen molar-refractivity contribution in [1.82, 2.24) is 14.5 Å². The molecule has 25 heavy (non-hydrogen) atoms. The normalized spacial score (nSPS) is 35.1. The Balaban J connectivity index is 1.48. The van der Waals surface area contributed by atoms with Gasteiger partial charge >= 0.3 is 0 Å². The van der Waals surface area contributed by atoms with Crippen molar-refractivity contribution < 1.29 is 13.2 Å². The summed E-state index contributed by atoms with van der Waals surface area (Å²) in [6.45, 7) is 4.72. The number of hydrogen-bond donors (Lipinski definition) is 1. The third-order valence-electron chi connectivity index (χ3n) is 6.29. The SMILES string of the molecule is CC(C)n1nccc1[C@H]1OCC[C@@H]1NS(=O)(=O)CC12CCC(CC1)C2. The molecule has 140 valence electrons. The van der Waals surface area contributed by atoms with Crippen LogP contribution in [0.3, 0.4) is 0 Å². The summed E-state index contributed by atoms with van der Waals surface area (Å²) < 4.78 is 36.5. The van der Waals surface area contributed by atoms with Gasteiger partial charge in [-0.3, -0.25) is 4.68 Å². The maximum Gasteiger partial charge on any atom is 0.212 e. The Morgan fingerprint density at radius 2 is 2.12 bits per heavy atom. The molecule has 0 amide bonds. The average Bonchev–Trinajstić information content (AvgIpc) is 3.28. The van der Waals surface area contributed by atoms with E-state index in [-0.39, 0.29) is 29.4 Å². The van der Waals surface area contributed by atoms with Gasteiger partial charge in [0.2, 0.25) is 10.0 Å². The molecule has 3 aliphatic rings. The fraction of sp³-hybridized carbons (Fsp3) is 0.833. The fourth-order valence-electron chi connectivity index (χ4n) is 5.17. The van der Waals surface area contributed by atoms with Gasteiger partial charge in [-0.1, -0.05) is 0 Å². The summed E-state index contributed by atoms with van der Waals surface area (Å²) in [6, 6.07) is 1.96. The van der Waals surface area contributed by atoms with Crippen LogP contribution in [-0.4, -0.2) is 36.6 Å². The molecule has 1 aromatic rings. The number of nitrogens with zero attached hydrogens (tertiary/aromatic N) is 2. The largest absolute Gasteiger partial charge is 0.370 e. The zero-order chi connectivity index (χ0) is 17.7. The molecule has 1 saturated heterocycles. The second-order valence-corrected chi connectivity index (χ2v) is 10.3. The number of hydrogen-bond acceptors (Lipinski definition) is 4. The van der Waals surface area contributed by atoms with E-state index < -0.39 is 10.0 Å². The fourth-order valence-corrected chi connectivity index (χ4v) is 7.17. The van der Waals surface area contributed by atoms with Crippen LogP contribution in [0.4, 0.5) is 0 Å². The molecule has 1 N–H and O–H groups in total. The number of sulfonamides is 1. The van der Waals surface area contributed by atoms with Crippen molar-refractivity contribution in [2.75, 3.05) is 12.4 Å². The Kier molecular flexibility index (Phi) is 4.45. The first-order valence-corrected chi connectivity index (χ1v) is 11.2. The molecule has 0 spiro atoms. The van der Waals surface area contributed by atoms with Crippen molar-refractivity contribution in [3.63, 3.8) is 0 Å². The first-order chi connectivity index (χ1) is 11.9. The lowest BCUT2D eigenvalue weighted by atomic mass is 9.87. The summed E-state index contributed by atoms with van der Waals surface area (Å²) in [7, 11) is -3.31. The Morgan fingerprint density at radius 1 is 1.36 bits per heavy atom. The molecule has 7 heteroatoms. The van der Waals surface area contributed by atoms with E-state index in [9.17, 15) is 8.42 Å². The van der Waals surface area contributed by atoms with Crippen LogP contribution in [-0.2, 0) is 14.8 Å². The summed E-state index contributed by atoms with van der Waals surface area (Å²) in [4.78, 5) is 0. The number of fused-ring (bicyclic) bond motifs is 2. The lowest BCUT2D eigenvalue weighted by Gasteiger charge is -2.28. The van der Waals surface area contributed by atoms with Gasteiger partial charge in [0.25, 0.3) is 0 Å². The first kappa shape index (κ1) is 17.5. The van der Waals surface area contributed by atoms with Crippen LogP contribution >= 0.6 is 0 Å². The smallest absolute Gasteiger partial charge is 0.212 e. The minimum Gasteiger partial charge on any atom is -0.370 e. The minimum atomic E-state index is -3.31. The number of rotatable bonds is 6. The summed E-state index contributed by atoms with van der Waals surface area (Å²) >= 11 is 0. The van der Waals surface area contributed by atoms with Crippen LogP contribution < -0.4 is 4.72 Å². The Hall–Kier alpha value is -0.920. The third kappa shape index (κ3) is 3.38. The molecule has 2 atom stereocenters. The van der Waals surface area contributed by atoms with Crippen molar-refractivity contribution in [1.29, 1.82) is 0 Å². The van der Waals surface area contributed by atoms with E-state index in [0.717, 1.165) is 30.9 Å². The molecular weight excluding hydrogens is 338 g/mol. The van der Waals surface area contributed by atoms with Crippen molar-refractivity contribution in [2.45, 2.75) is 70.6 Å². The molecule has 2 bridgehead atoms. The molecule has 4 rings (SSSR count). The topological polar surface area (TPSA) is 73.2 Å². The Morgan fingerprint density at radius 3 is 2.76 bits per heavy atom.